The van der Waals surface area contributed by atoms with Crippen molar-refractivity contribution in [3.63, 3.8) is 0 Å². The van der Waals surface area contributed by atoms with Crippen LogP contribution in [0.4, 0.5) is 0 Å². The number of phosphoric ester groups is 1. The lowest BCUT2D eigenvalue weighted by Crippen LogP contribution is -2.30. The second-order valence-corrected chi connectivity index (χ2v) is 21.9. The van der Waals surface area contributed by atoms with Crippen molar-refractivity contribution < 1.29 is 52.2 Å². The normalized spacial score (nSPS) is 14.0. The summed E-state index contributed by atoms with van der Waals surface area (Å²) < 4.78 is 39.5. The molecule has 0 saturated carbocycles. The van der Waals surface area contributed by atoms with Crippen LogP contribution in [-0.2, 0) is 42.2 Å². The number of carbonyl (C=O) groups is 3. The van der Waals surface area contributed by atoms with Gasteiger partial charge in [0.2, 0.25) is 0 Å². The first kappa shape index (κ1) is 74.4. The van der Waals surface area contributed by atoms with Gasteiger partial charge in [-0.2, -0.15) is 0 Å². The van der Waals surface area contributed by atoms with Crippen LogP contribution in [0.5, 0.6) is 0 Å². The zero-order valence-corrected chi connectivity index (χ0v) is 50.5. The van der Waals surface area contributed by atoms with Gasteiger partial charge in [0.15, 0.2) is 6.10 Å². The molecule has 2 N–H and O–H groups in total. The molecular weight excluding hydrogens is 1000 g/mol. The Hall–Kier alpha value is -3.60. The Morgan fingerprint density at radius 1 is 0.385 bits per heavy atom. The number of ether oxygens (including phenoxy) is 3. The maximum atomic E-state index is 13.0. The molecule has 0 saturated heterocycles. The molecule has 3 unspecified atom stereocenters. The standard InChI is InChI=1S/C66H113O11P/c1-4-7-10-13-16-19-22-25-28-30-31-33-36-39-42-45-48-51-54-57-66(70)77-63(59-73-64(68)55-52-49-46-43-40-37-35-32-29-26-23-20-17-14-11-8-5-2)61-75-78(71,72)74-60-62(58-67)76-65(69)56-53-50-47-44-41-38-34-27-24-21-18-15-12-9-6-3/h8-9,11-12,17-18,20-21,26-27,29,34,41,44,50,53,62-63,67H,4-7,10,13-16,19,22-25,28,30-33,35-40,42-43,45-49,51-52,54-61H2,1-3H3,(H,71,72)/b11-8-,12-9-,20-17-,21-18-,29-26-,34-27-,44-41-,53-50-. The number of hydrogen-bond donors (Lipinski definition) is 2. The molecule has 0 aliphatic carbocycles. The third-order valence-electron chi connectivity index (χ3n) is 13.0. The predicted octanol–water partition coefficient (Wildman–Crippen LogP) is 18.8. The molecule has 12 heteroatoms. The van der Waals surface area contributed by atoms with E-state index in [1.807, 2.05) is 18.2 Å². The van der Waals surface area contributed by atoms with Crippen molar-refractivity contribution in [3.8, 4) is 0 Å². The van der Waals surface area contributed by atoms with Gasteiger partial charge < -0.3 is 24.2 Å². The van der Waals surface area contributed by atoms with Gasteiger partial charge in [-0.25, -0.2) is 4.57 Å². The summed E-state index contributed by atoms with van der Waals surface area (Å²) in [5.41, 5.74) is 0. The number of unbranched alkanes of at least 4 members (excludes halogenated alkanes) is 25. The van der Waals surface area contributed by atoms with Crippen molar-refractivity contribution in [2.24, 2.45) is 0 Å². The third kappa shape index (κ3) is 57.1. The van der Waals surface area contributed by atoms with E-state index in [2.05, 4.69) is 93.7 Å². The molecule has 0 aromatic rings. The van der Waals surface area contributed by atoms with Gasteiger partial charge in [0.1, 0.15) is 12.7 Å². The van der Waals surface area contributed by atoms with Crippen LogP contribution in [-0.4, -0.2) is 66.5 Å². The highest BCUT2D eigenvalue weighted by atomic mass is 31.2. The summed E-state index contributed by atoms with van der Waals surface area (Å²) in [6, 6.07) is 0. The Kier molecular flexibility index (Phi) is 56.8. The van der Waals surface area contributed by atoms with Crippen molar-refractivity contribution >= 4 is 25.7 Å². The highest BCUT2D eigenvalue weighted by molar-refractivity contribution is 7.47. The summed E-state index contributed by atoms with van der Waals surface area (Å²) in [4.78, 5) is 48.6. The van der Waals surface area contributed by atoms with E-state index in [-0.39, 0.29) is 25.9 Å². The minimum absolute atomic E-state index is 0.0578. The van der Waals surface area contributed by atoms with E-state index in [0.717, 1.165) is 96.3 Å². The second-order valence-electron chi connectivity index (χ2n) is 20.5. The summed E-state index contributed by atoms with van der Waals surface area (Å²) in [6.45, 7) is 4.33. The summed E-state index contributed by atoms with van der Waals surface area (Å²) in [6.07, 6.45) is 71.1. The molecule has 78 heavy (non-hydrogen) atoms. The second kappa shape index (κ2) is 59.5. The molecule has 0 bridgehead atoms. The van der Waals surface area contributed by atoms with Gasteiger partial charge in [0.25, 0.3) is 0 Å². The minimum atomic E-state index is -4.78. The van der Waals surface area contributed by atoms with Crippen LogP contribution in [0.1, 0.15) is 265 Å². The molecule has 0 aliphatic heterocycles. The Morgan fingerprint density at radius 3 is 1.13 bits per heavy atom. The third-order valence-corrected chi connectivity index (χ3v) is 14.0. The minimum Gasteiger partial charge on any atom is -0.462 e. The van der Waals surface area contributed by atoms with Crippen LogP contribution in [0.15, 0.2) is 97.2 Å². The average Bonchev–Trinajstić information content (AvgIpc) is 3.43. The fourth-order valence-corrected chi connectivity index (χ4v) is 9.17. The first-order valence-electron chi connectivity index (χ1n) is 31.1. The molecule has 448 valence electrons. The monoisotopic (exact) mass is 1110 g/mol. The lowest BCUT2D eigenvalue weighted by Gasteiger charge is -2.21. The highest BCUT2D eigenvalue weighted by Crippen LogP contribution is 2.43. The smallest absolute Gasteiger partial charge is 0.462 e. The molecule has 0 fully saturated rings. The number of aliphatic hydroxyl groups is 1. The fraction of sp³-hybridized carbons (Fsp3) is 0.712. The Labute approximate surface area is 476 Å². The fourth-order valence-electron chi connectivity index (χ4n) is 8.39. The maximum Gasteiger partial charge on any atom is 0.472 e. The van der Waals surface area contributed by atoms with E-state index >= 15 is 0 Å². The summed E-state index contributed by atoms with van der Waals surface area (Å²) in [5.74, 6) is -1.61. The molecule has 0 spiro atoms. The number of esters is 3. The molecule has 11 nitrogen and oxygen atoms in total. The van der Waals surface area contributed by atoms with Crippen LogP contribution in [0.2, 0.25) is 0 Å². The van der Waals surface area contributed by atoms with Crippen LogP contribution in [0.25, 0.3) is 0 Å². The van der Waals surface area contributed by atoms with Crippen LogP contribution in [0.3, 0.4) is 0 Å². The quantitative estimate of drug-likeness (QED) is 0.0197. The zero-order valence-electron chi connectivity index (χ0n) is 49.6. The molecule has 0 aromatic heterocycles. The lowest BCUT2D eigenvalue weighted by atomic mass is 10.0. The molecule has 0 heterocycles. The Morgan fingerprint density at radius 2 is 0.718 bits per heavy atom. The first-order valence-corrected chi connectivity index (χ1v) is 32.6. The molecule has 0 aliphatic rings. The largest absolute Gasteiger partial charge is 0.472 e. The van der Waals surface area contributed by atoms with Crippen LogP contribution in [0, 0.1) is 0 Å². The lowest BCUT2D eigenvalue weighted by molar-refractivity contribution is -0.161. The molecule has 0 aromatic carbocycles. The predicted molar refractivity (Wildman–Crippen MR) is 325 cm³/mol. The number of allylic oxidation sites excluding steroid dienone is 15. The van der Waals surface area contributed by atoms with Gasteiger partial charge in [-0.15, -0.1) is 0 Å². The number of phosphoric acid groups is 1. The summed E-state index contributed by atoms with van der Waals surface area (Å²) in [5, 5.41) is 9.81. The van der Waals surface area contributed by atoms with Gasteiger partial charge in [-0.1, -0.05) is 266 Å². The molecule has 3 atom stereocenters. The van der Waals surface area contributed by atoms with Crippen LogP contribution >= 0.6 is 7.82 Å². The summed E-state index contributed by atoms with van der Waals surface area (Å²) in [7, 11) is -4.78. The zero-order chi connectivity index (χ0) is 56.9. The van der Waals surface area contributed by atoms with Crippen molar-refractivity contribution in [3.05, 3.63) is 97.2 Å². The topological polar surface area (TPSA) is 155 Å². The van der Waals surface area contributed by atoms with Gasteiger partial charge in [-0.05, 0) is 77.0 Å². The van der Waals surface area contributed by atoms with Gasteiger partial charge in [0, 0.05) is 12.8 Å². The average molecular weight is 1110 g/mol. The van der Waals surface area contributed by atoms with Crippen molar-refractivity contribution in [1.29, 1.82) is 0 Å². The Balaban J connectivity index is 4.78. The number of aliphatic hydroxyl groups excluding tert-OH is 1. The van der Waals surface area contributed by atoms with E-state index in [1.165, 1.54) is 109 Å². The van der Waals surface area contributed by atoms with Gasteiger partial charge in [-0.3, -0.25) is 23.4 Å². The number of hydrogen-bond acceptors (Lipinski definition) is 10. The number of rotatable bonds is 57. The molecule has 0 rings (SSSR count). The molecule has 0 radical (unpaired) electrons. The van der Waals surface area contributed by atoms with Crippen LogP contribution < -0.4 is 0 Å². The van der Waals surface area contributed by atoms with E-state index in [9.17, 15) is 28.9 Å². The van der Waals surface area contributed by atoms with E-state index in [4.69, 9.17) is 23.3 Å². The SMILES string of the molecule is CC/C=C\C/C=C\C/C=C\C/C=C\C/C=C\CC(=O)OC(CO)COP(=O)(O)OCC(COC(=O)CCCCCCCCC/C=C\C/C=C\C/C=C\CC)OC(=O)CCCCCCCCCCCCCCCCCCCCC. The van der Waals surface area contributed by atoms with E-state index < -0.39 is 57.8 Å². The first-order chi connectivity index (χ1) is 38.2. The van der Waals surface area contributed by atoms with Gasteiger partial charge >= 0.3 is 25.7 Å². The highest BCUT2D eigenvalue weighted by Gasteiger charge is 2.28. The van der Waals surface area contributed by atoms with E-state index in [1.54, 1.807) is 6.08 Å². The number of carbonyl (C=O) groups excluding carboxylic acids is 3. The van der Waals surface area contributed by atoms with Crippen molar-refractivity contribution in [2.45, 2.75) is 277 Å². The summed E-state index contributed by atoms with van der Waals surface area (Å²) >= 11 is 0. The van der Waals surface area contributed by atoms with E-state index in [0.29, 0.717) is 19.3 Å². The van der Waals surface area contributed by atoms with Crippen molar-refractivity contribution in [2.75, 3.05) is 26.4 Å². The molecular formula is C66H113O11P. The van der Waals surface area contributed by atoms with Crippen molar-refractivity contribution in [1.82, 2.24) is 0 Å². The maximum absolute atomic E-state index is 13.0. The molecule has 0 amide bonds. The van der Waals surface area contributed by atoms with Gasteiger partial charge in [0.05, 0.1) is 26.2 Å². The Bertz CT molecular complexity index is 1680.